The Kier molecular flexibility index (Phi) is 13.6. The quantitative estimate of drug-likeness (QED) is 0.107. The maximum Gasteiger partial charge on any atom is 0.193 e. The Balaban J connectivity index is 0.877. The van der Waals surface area contributed by atoms with Crippen LogP contribution in [0.25, 0.3) is 33.4 Å². The van der Waals surface area contributed by atoms with Crippen LogP contribution in [0.5, 0.6) is 0 Å². The van der Waals surface area contributed by atoms with E-state index in [0.717, 1.165) is 50.1 Å². The first-order valence-corrected chi connectivity index (χ1v) is 23.5. The summed E-state index contributed by atoms with van der Waals surface area (Å²) >= 11 is 0. The summed E-state index contributed by atoms with van der Waals surface area (Å²) in [6.45, 7) is 0. The molecule has 0 saturated heterocycles. The summed E-state index contributed by atoms with van der Waals surface area (Å²) in [4.78, 5) is 40.2. The highest BCUT2D eigenvalue weighted by atomic mass is 16.1. The maximum absolute atomic E-state index is 13.4. The van der Waals surface area contributed by atoms with Gasteiger partial charge in [-0.25, -0.2) is 0 Å². The van der Waals surface area contributed by atoms with Crippen LogP contribution in [0.3, 0.4) is 0 Å². The van der Waals surface area contributed by atoms with Crippen LogP contribution in [-0.4, -0.2) is 17.3 Å². The molecule has 0 bridgehead atoms. The van der Waals surface area contributed by atoms with Crippen LogP contribution in [0, 0.1) is 35.5 Å². The zero-order valence-electron chi connectivity index (χ0n) is 39.0. The van der Waals surface area contributed by atoms with Crippen molar-refractivity contribution in [2.45, 2.75) is 0 Å². The van der Waals surface area contributed by atoms with Gasteiger partial charge in [-0.15, -0.1) is 0 Å². The molecular formula is C69H42O3. The van der Waals surface area contributed by atoms with Crippen LogP contribution < -0.4 is 0 Å². The molecule has 10 aromatic rings. The van der Waals surface area contributed by atoms with E-state index in [9.17, 15) is 14.4 Å². The minimum Gasteiger partial charge on any atom is -0.289 e. The summed E-state index contributed by atoms with van der Waals surface area (Å²) in [6.07, 6.45) is 0. The summed E-state index contributed by atoms with van der Waals surface area (Å²) in [5, 5.41) is 0. The molecule has 3 nitrogen and oxygen atoms in total. The second kappa shape index (κ2) is 21.5. The molecule has 10 rings (SSSR count). The molecule has 0 atom stereocenters. The fraction of sp³-hybridized carbons (Fsp3) is 0. The third-order valence-electron chi connectivity index (χ3n) is 12.2. The number of carbonyl (C=O) groups excluding carboxylic acids is 3. The van der Waals surface area contributed by atoms with Gasteiger partial charge >= 0.3 is 0 Å². The van der Waals surface area contributed by atoms with Gasteiger partial charge < -0.3 is 0 Å². The third kappa shape index (κ3) is 11.1. The molecule has 0 aromatic heterocycles. The van der Waals surface area contributed by atoms with Gasteiger partial charge in [-0.05, 0) is 124 Å². The molecule has 3 heteroatoms. The largest absolute Gasteiger partial charge is 0.289 e. The van der Waals surface area contributed by atoms with Crippen molar-refractivity contribution in [1.82, 2.24) is 0 Å². The van der Waals surface area contributed by atoms with E-state index >= 15 is 0 Å². The van der Waals surface area contributed by atoms with Crippen molar-refractivity contribution >= 4 is 17.3 Å². The van der Waals surface area contributed by atoms with Crippen molar-refractivity contribution in [3.63, 3.8) is 0 Å². The summed E-state index contributed by atoms with van der Waals surface area (Å²) in [7, 11) is 0. The number of hydrogen-bond acceptors (Lipinski definition) is 3. The minimum atomic E-state index is -0.0614. The van der Waals surface area contributed by atoms with Gasteiger partial charge in [-0.2, -0.15) is 0 Å². The average Bonchev–Trinajstić information content (AvgIpc) is 3.46. The summed E-state index contributed by atoms with van der Waals surface area (Å²) < 4.78 is 0. The zero-order chi connectivity index (χ0) is 49.1. The molecule has 336 valence electrons. The molecule has 0 spiro atoms. The first kappa shape index (κ1) is 45.7. The normalized spacial score (nSPS) is 10.3. The average molecular weight is 919 g/mol. The first-order valence-electron chi connectivity index (χ1n) is 23.5. The van der Waals surface area contributed by atoms with E-state index in [1.807, 2.05) is 218 Å². The number of benzene rings is 10. The Hall–Kier alpha value is -10.1. The standard InChI is InChI=1S/C69H42O3/c70-67(64-40-34-58(35-41-64)55-10-4-1-5-11-55)61-28-22-49(23-29-61)16-19-52-46-53(20-17-50-24-30-62(31-25-50)68(71)65-42-36-59(37-43-65)56-12-6-2-7-13-56)48-54(47-52)21-18-51-26-32-63(33-27-51)69(72)66-44-38-60(39-45-66)57-14-8-3-9-15-57/h1-15,22-48H. The predicted molar refractivity (Wildman–Crippen MR) is 290 cm³/mol. The molecule has 0 aliphatic carbocycles. The lowest BCUT2D eigenvalue weighted by molar-refractivity contribution is 0.103. The molecule has 72 heavy (non-hydrogen) atoms. The van der Waals surface area contributed by atoms with Gasteiger partial charge in [0.05, 0.1) is 0 Å². The predicted octanol–water partition coefficient (Wildman–Crippen LogP) is 14.6. The van der Waals surface area contributed by atoms with Crippen molar-refractivity contribution in [3.05, 3.63) is 322 Å². The highest BCUT2D eigenvalue weighted by Gasteiger charge is 2.12. The van der Waals surface area contributed by atoms with Gasteiger partial charge in [0, 0.05) is 66.8 Å². The fourth-order valence-corrected chi connectivity index (χ4v) is 8.23. The molecule has 0 radical (unpaired) electrons. The number of hydrogen-bond donors (Lipinski definition) is 0. The van der Waals surface area contributed by atoms with E-state index in [1.54, 1.807) is 36.4 Å². The van der Waals surface area contributed by atoms with Gasteiger partial charge in [-0.1, -0.05) is 199 Å². The fourth-order valence-electron chi connectivity index (χ4n) is 8.23. The summed E-state index contributed by atoms with van der Waals surface area (Å²) in [6, 6.07) is 80.9. The highest BCUT2D eigenvalue weighted by Crippen LogP contribution is 2.24. The van der Waals surface area contributed by atoms with E-state index < -0.39 is 0 Å². The molecule has 0 heterocycles. The van der Waals surface area contributed by atoms with E-state index in [0.29, 0.717) is 50.1 Å². The molecule has 0 aliphatic rings. The zero-order valence-corrected chi connectivity index (χ0v) is 39.0. The molecule has 0 fully saturated rings. The molecular weight excluding hydrogens is 877 g/mol. The monoisotopic (exact) mass is 918 g/mol. The highest BCUT2D eigenvalue weighted by molar-refractivity contribution is 6.10. The SMILES string of the molecule is O=C(c1ccc(C#Cc2cc(C#Cc3ccc(C(=O)c4ccc(-c5ccccc5)cc4)cc3)cc(C#Cc3ccc(C(=O)c4ccc(-c5ccccc5)cc4)cc3)c2)cc1)c1ccc(-c2ccccc2)cc1. The Morgan fingerprint density at radius 3 is 0.597 bits per heavy atom. The maximum atomic E-state index is 13.4. The van der Waals surface area contributed by atoms with Crippen LogP contribution in [-0.2, 0) is 0 Å². The third-order valence-corrected chi connectivity index (χ3v) is 12.2. The van der Waals surface area contributed by atoms with Crippen LogP contribution in [0.1, 0.15) is 81.1 Å². The molecule has 0 unspecified atom stereocenters. The second-order valence-electron chi connectivity index (χ2n) is 17.1. The summed E-state index contributed by atoms with van der Waals surface area (Å²) in [5.41, 5.74) is 14.4. The molecule has 0 amide bonds. The Labute approximate surface area is 420 Å². The van der Waals surface area contributed by atoms with E-state index in [2.05, 4.69) is 35.5 Å². The Bertz CT molecular complexity index is 3350. The molecule has 10 aromatic carbocycles. The smallest absolute Gasteiger partial charge is 0.193 e. The van der Waals surface area contributed by atoms with Crippen molar-refractivity contribution in [2.75, 3.05) is 0 Å². The molecule has 0 saturated carbocycles. The topological polar surface area (TPSA) is 51.2 Å². The van der Waals surface area contributed by atoms with Crippen molar-refractivity contribution in [3.8, 4) is 68.9 Å². The summed E-state index contributed by atoms with van der Waals surface area (Å²) in [5.74, 6) is 19.5. The van der Waals surface area contributed by atoms with Crippen molar-refractivity contribution in [2.24, 2.45) is 0 Å². The van der Waals surface area contributed by atoms with Crippen LogP contribution in [0.2, 0.25) is 0 Å². The van der Waals surface area contributed by atoms with Gasteiger partial charge in [0.15, 0.2) is 17.3 Å². The van der Waals surface area contributed by atoms with Gasteiger partial charge in [0.2, 0.25) is 0 Å². The molecule has 0 aliphatic heterocycles. The Morgan fingerprint density at radius 1 is 0.194 bits per heavy atom. The number of ketones is 3. The van der Waals surface area contributed by atoms with E-state index in [-0.39, 0.29) is 17.3 Å². The van der Waals surface area contributed by atoms with Gasteiger partial charge in [-0.3, -0.25) is 14.4 Å². The van der Waals surface area contributed by atoms with Gasteiger partial charge in [0.1, 0.15) is 0 Å². The molecule has 0 N–H and O–H groups in total. The van der Waals surface area contributed by atoms with Crippen molar-refractivity contribution in [1.29, 1.82) is 0 Å². The van der Waals surface area contributed by atoms with Gasteiger partial charge in [0.25, 0.3) is 0 Å². The van der Waals surface area contributed by atoms with Crippen molar-refractivity contribution < 1.29 is 14.4 Å². The second-order valence-corrected chi connectivity index (χ2v) is 17.1. The Morgan fingerprint density at radius 2 is 0.375 bits per heavy atom. The minimum absolute atomic E-state index is 0.0614. The lowest BCUT2D eigenvalue weighted by atomic mass is 9.98. The lowest BCUT2D eigenvalue weighted by Gasteiger charge is -2.05. The van der Waals surface area contributed by atoms with E-state index in [1.165, 1.54) is 0 Å². The lowest BCUT2D eigenvalue weighted by Crippen LogP contribution is -2.01. The van der Waals surface area contributed by atoms with E-state index in [4.69, 9.17) is 0 Å². The number of carbonyl (C=O) groups is 3. The first-order chi connectivity index (χ1) is 35.4. The number of rotatable bonds is 9. The van der Waals surface area contributed by atoms with Crippen LogP contribution in [0.15, 0.2) is 255 Å². The van der Waals surface area contributed by atoms with Crippen LogP contribution >= 0.6 is 0 Å². The van der Waals surface area contributed by atoms with Crippen LogP contribution in [0.4, 0.5) is 0 Å².